The largest absolute Gasteiger partial charge is 0.390 e. The smallest absolute Gasteiger partial charge is 0.0794 e. The van der Waals surface area contributed by atoms with Crippen molar-refractivity contribution in [2.24, 2.45) is 0 Å². The number of nitrogens with zero attached hydrogens (tertiary/aromatic N) is 2. The number of benzene rings is 1. The van der Waals surface area contributed by atoms with Crippen LogP contribution in [0.4, 0.5) is 0 Å². The fraction of sp³-hybridized carbons (Fsp3) is 0.667. The van der Waals surface area contributed by atoms with Crippen molar-refractivity contribution in [3.05, 3.63) is 34.9 Å². The van der Waals surface area contributed by atoms with Crippen molar-refractivity contribution >= 4 is 11.6 Å². The highest BCUT2D eigenvalue weighted by Crippen LogP contribution is 2.34. The Kier molecular flexibility index (Phi) is 5.94. The number of morpholine rings is 1. The summed E-state index contributed by atoms with van der Waals surface area (Å²) in [6, 6.07) is 9.00. The molecule has 2 unspecified atom stereocenters. The van der Waals surface area contributed by atoms with E-state index >= 15 is 0 Å². The van der Waals surface area contributed by atoms with Gasteiger partial charge in [0, 0.05) is 43.3 Å². The quantitative estimate of drug-likeness (QED) is 0.829. The van der Waals surface area contributed by atoms with E-state index in [1.807, 2.05) is 12.1 Å². The minimum atomic E-state index is -0.316. The van der Waals surface area contributed by atoms with Crippen molar-refractivity contribution in [2.75, 3.05) is 39.4 Å². The van der Waals surface area contributed by atoms with Gasteiger partial charge in [-0.3, -0.25) is 9.80 Å². The SMILES string of the molecule is CC(c1ccc(Cl)cc1)N(CC(O)CN1CCOCC1)C1CC1. The molecule has 1 heterocycles. The van der Waals surface area contributed by atoms with Crippen LogP contribution in [0.25, 0.3) is 0 Å². The van der Waals surface area contributed by atoms with Crippen molar-refractivity contribution < 1.29 is 9.84 Å². The summed E-state index contributed by atoms with van der Waals surface area (Å²) >= 11 is 5.99. The topological polar surface area (TPSA) is 35.9 Å². The number of hydrogen-bond acceptors (Lipinski definition) is 4. The molecule has 23 heavy (non-hydrogen) atoms. The summed E-state index contributed by atoms with van der Waals surface area (Å²) in [6.45, 7) is 7.09. The molecule has 0 bridgehead atoms. The highest BCUT2D eigenvalue weighted by atomic mass is 35.5. The van der Waals surface area contributed by atoms with Gasteiger partial charge < -0.3 is 9.84 Å². The van der Waals surface area contributed by atoms with Crippen LogP contribution >= 0.6 is 11.6 Å². The predicted molar refractivity (Wildman–Crippen MR) is 92.9 cm³/mol. The average Bonchev–Trinajstić information content (AvgIpc) is 3.38. The Morgan fingerprint density at radius 2 is 1.91 bits per heavy atom. The van der Waals surface area contributed by atoms with Crippen LogP contribution in [0.15, 0.2) is 24.3 Å². The second-order valence-electron chi connectivity index (χ2n) is 6.72. The first-order valence-corrected chi connectivity index (χ1v) is 9.00. The van der Waals surface area contributed by atoms with Gasteiger partial charge in [0.15, 0.2) is 0 Å². The van der Waals surface area contributed by atoms with E-state index in [0.717, 1.165) is 44.4 Å². The molecule has 1 aliphatic heterocycles. The van der Waals surface area contributed by atoms with Gasteiger partial charge in [0.05, 0.1) is 19.3 Å². The predicted octanol–water partition coefficient (Wildman–Crippen LogP) is 2.56. The molecule has 1 aromatic carbocycles. The Balaban J connectivity index is 1.58. The Morgan fingerprint density at radius 1 is 1.26 bits per heavy atom. The molecule has 128 valence electrons. The van der Waals surface area contributed by atoms with Crippen LogP contribution in [-0.4, -0.2) is 66.4 Å². The first-order valence-electron chi connectivity index (χ1n) is 8.63. The summed E-state index contributed by atoms with van der Waals surface area (Å²) in [7, 11) is 0. The molecule has 0 radical (unpaired) electrons. The van der Waals surface area contributed by atoms with E-state index < -0.39 is 0 Å². The van der Waals surface area contributed by atoms with E-state index in [1.54, 1.807) is 0 Å². The zero-order valence-electron chi connectivity index (χ0n) is 13.8. The van der Waals surface area contributed by atoms with Gasteiger partial charge in [0.25, 0.3) is 0 Å². The molecule has 1 saturated heterocycles. The van der Waals surface area contributed by atoms with Crippen LogP contribution in [0.5, 0.6) is 0 Å². The van der Waals surface area contributed by atoms with Gasteiger partial charge in [-0.15, -0.1) is 0 Å². The molecule has 0 amide bonds. The molecule has 3 rings (SSSR count). The normalized spacial score (nSPS) is 22.3. The van der Waals surface area contributed by atoms with Crippen LogP contribution < -0.4 is 0 Å². The summed E-state index contributed by atoms with van der Waals surface area (Å²) in [5, 5.41) is 11.3. The lowest BCUT2D eigenvalue weighted by molar-refractivity contribution is 0.00250. The summed E-state index contributed by atoms with van der Waals surface area (Å²) in [5.74, 6) is 0. The molecular formula is C18H27ClN2O2. The zero-order valence-corrected chi connectivity index (χ0v) is 14.6. The minimum absolute atomic E-state index is 0.305. The van der Waals surface area contributed by atoms with Gasteiger partial charge in [-0.25, -0.2) is 0 Å². The zero-order chi connectivity index (χ0) is 16.2. The van der Waals surface area contributed by atoms with E-state index in [-0.39, 0.29) is 6.10 Å². The van der Waals surface area contributed by atoms with Gasteiger partial charge in [-0.05, 0) is 37.5 Å². The summed E-state index contributed by atoms with van der Waals surface area (Å²) < 4.78 is 5.37. The summed E-state index contributed by atoms with van der Waals surface area (Å²) in [4.78, 5) is 4.75. The van der Waals surface area contributed by atoms with Crippen LogP contribution in [-0.2, 0) is 4.74 Å². The average molecular weight is 339 g/mol. The van der Waals surface area contributed by atoms with Gasteiger partial charge in [0.2, 0.25) is 0 Å². The molecular weight excluding hydrogens is 312 g/mol. The van der Waals surface area contributed by atoms with Crippen molar-refractivity contribution in [3.8, 4) is 0 Å². The minimum Gasteiger partial charge on any atom is -0.390 e. The number of β-amino-alcohol motifs (C(OH)–C–C–N with tert-alkyl or cyclic N) is 1. The van der Waals surface area contributed by atoms with E-state index in [2.05, 4.69) is 28.9 Å². The Bertz CT molecular complexity index is 486. The third-order valence-corrected chi connectivity index (χ3v) is 5.11. The van der Waals surface area contributed by atoms with Crippen LogP contribution in [0.2, 0.25) is 5.02 Å². The van der Waals surface area contributed by atoms with Gasteiger partial charge >= 0.3 is 0 Å². The monoisotopic (exact) mass is 338 g/mol. The lowest BCUT2D eigenvalue weighted by Gasteiger charge is -2.34. The third kappa shape index (κ3) is 4.91. The van der Waals surface area contributed by atoms with E-state index in [1.165, 1.54) is 18.4 Å². The van der Waals surface area contributed by atoms with E-state index in [9.17, 15) is 5.11 Å². The fourth-order valence-corrected chi connectivity index (χ4v) is 3.47. The fourth-order valence-electron chi connectivity index (χ4n) is 3.35. The molecule has 4 nitrogen and oxygen atoms in total. The lowest BCUT2D eigenvalue weighted by Crippen LogP contribution is -2.45. The summed E-state index contributed by atoms with van der Waals surface area (Å²) in [5.41, 5.74) is 1.26. The van der Waals surface area contributed by atoms with Crippen LogP contribution in [0.3, 0.4) is 0 Å². The lowest BCUT2D eigenvalue weighted by atomic mass is 10.1. The number of rotatable bonds is 7. The molecule has 1 saturated carbocycles. The maximum atomic E-state index is 10.5. The third-order valence-electron chi connectivity index (χ3n) is 4.86. The summed E-state index contributed by atoms with van der Waals surface area (Å²) in [6.07, 6.45) is 2.16. The molecule has 1 N–H and O–H groups in total. The first kappa shape index (κ1) is 17.2. The van der Waals surface area contributed by atoms with Gasteiger partial charge in [-0.2, -0.15) is 0 Å². The molecule has 2 fully saturated rings. The molecule has 0 aromatic heterocycles. The highest BCUT2D eigenvalue weighted by Gasteiger charge is 2.34. The van der Waals surface area contributed by atoms with Crippen molar-refractivity contribution in [1.82, 2.24) is 9.80 Å². The van der Waals surface area contributed by atoms with Crippen LogP contribution in [0, 0.1) is 0 Å². The maximum absolute atomic E-state index is 10.5. The molecule has 5 heteroatoms. The molecule has 1 aliphatic carbocycles. The van der Waals surface area contributed by atoms with Crippen molar-refractivity contribution in [1.29, 1.82) is 0 Å². The second kappa shape index (κ2) is 7.95. The molecule has 2 atom stereocenters. The highest BCUT2D eigenvalue weighted by molar-refractivity contribution is 6.30. The van der Waals surface area contributed by atoms with Crippen LogP contribution in [0.1, 0.15) is 31.4 Å². The number of aliphatic hydroxyl groups excluding tert-OH is 1. The standard InChI is InChI=1S/C18H27ClN2O2/c1-14(15-2-4-16(19)5-3-15)21(17-6-7-17)13-18(22)12-20-8-10-23-11-9-20/h2-5,14,17-18,22H,6-13H2,1H3. The molecule has 0 spiro atoms. The first-order chi connectivity index (χ1) is 11.1. The number of ether oxygens (including phenoxy) is 1. The van der Waals surface area contributed by atoms with Gasteiger partial charge in [0.1, 0.15) is 0 Å². The maximum Gasteiger partial charge on any atom is 0.0794 e. The number of hydrogen-bond donors (Lipinski definition) is 1. The van der Waals surface area contributed by atoms with Crippen molar-refractivity contribution in [2.45, 2.75) is 38.0 Å². The van der Waals surface area contributed by atoms with Crippen molar-refractivity contribution in [3.63, 3.8) is 0 Å². The second-order valence-corrected chi connectivity index (χ2v) is 7.16. The van der Waals surface area contributed by atoms with Gasteiger partial charge in [-0.1, -0.05) is 23.7 Å². The Labute approximate surface area is 144 Å². The molecule has 2 aliphatic rings. The molecule has 1 aromatic rings. The number of aliphatic hydroxyl groups is 1. The van der Waals surface area contributed by atoms with E-state index in [0.29, 0.717) is 12.1 Å². The van der Waals surface area contributed by atoms with E-state index in [4.69, 9.17) is 16.3 Å². The Morgan fingerprint density at radius 3 is 2.52 bits per heavy atom. The number of halogens is 1. The Hall–Kier alpha value is -0.650.